The first kappa shape index (κ1) is 23.1. The zero-order valence-corrected chi connectivity index (χ0v) is 18.9. The highest BCUT2D eigenvalue weighted by Gasteiger charge is 2.49. The van der Waals surface area contributed by atoms with E-state index in [9.17, 15) is 0 Å². The Balaban J connectivity index is 1.40. The third-order valence-corrected chi connectivity index (χ3v) is 6.24. The van der Waals surface area contributed by atoms with Gasteiger partial charge < -0.3 is 23.7 Å². The van der Waals surface area contributed by atoms with E-state index in [0.717, 1.165) is 22.3 Å². The highest BCUT2D eigenvalue weighted by molar-refractivity contribution is 5.26. The maximum absolute atomic E-state index is 15.3. The Morgan fingerprint density at radius 1 is 0.706 bits per heavy atom. The van der Waals surface area contributed by atoms with Crippen molar-refractivity contribution in [1.82, 2.24) is 0 Å². The Bertz CT molecular complexity index is 1030. The van der Waals surface area contributed by atoms with Crippen LogP contribution in [0.1, 0.15) is 22.3 Å². The Hall–Kier alpha value is -2.61. The van der Waals surface area contributed by atoms with Crippen LogP contribution in [0.25, 0.3) is 0 Å². The van der Waals surface area contributed by atoms with Crippen LogP contribution in [-0.4, -0.2) is 37.4 Å². The molecule has 178 valence electrons. The van der Waals surface area contributed by atoms with E-state index in [0.29, 0.717) is 19.8 Å². The second-order valence-electron chi connectivity index (χ2n) is 8.61. The van der Waals surface area contributed by atoms with Gasteiger partial charge in [0.25, 0.3) is 0 Å². The highest BCUT2D eigenvalue weighted by atomic mass is 19.1. The summed E-state index contributed by atoms with van der Waals surface area (Å²) in [5.74, 6) is 0. The van der Waals surface area contributed by atoms with E-state index in [1.54, 1.807) is 0 Å². The van der Waals surface area contributed by atoms with Gasteiger partial charge in [-0.3, -0.25) is 0 Å². The second kappa shape index (κ2) is 11.2. The zero-order valence-electron chi connectivity index (χ0n) is 18.9. The largest absolute Gasteiger partial charge is 0.374 e. The van der Waals surface area contributed by atoms with Gasteiger partial charge in [0.15, 0.2) is 0 Å². The van der Waals surface area contributed by atoms with Crippen LogP contribution < -0.4 is 0 Å². The molecule has 2 heterocycles. The normalized spacial score (nSPS) is 27.0. The molecule has 0 unspecified atom stereocenters. The molecule has 3 aromatic carbocycles. The van der Waals surface area contributed by atoms with E-state index in [1.807, 2.05) is 84.9 Å². The molecule has 5 nitrogen and oxygen atoms in total. The van der Waals surface area contributed by atoms with Gasteiger partial charge in [-0.2, -0.15) is 0 Å². The van der Waals surface area contributed by atoms with E-state index in [1.165, 1.54) is 0 Å². The standard InChI is InChI=1S/C28H29FO5/c29-28-27(32-16-21-11-5-2-6-12-21)26-25(31-15-20-9-3-1-4-10-20)24(34-28)19-30-17-22-13-7-8-14-23(22)18-33-26/h1-14,24-28H,15-19H2/t24-,25-,26+,27-,28+/m1/s1. The molecule has 5 atom stereocenters. The number of ether oxygens (including phenoxy) is 5. The van der Waals surface area contributed by atoms with Crippen molar-refractivity contribution in [3.63, 3.8) is 0 Å². The minimum absolute atomic E-state index is 0.194. The molecule has 0 amide bonds. The molecule has 2 bridgehead atoms. The summed E-state index contributed by atoms with van der Waals surface area (Å²) in [6, 6.07) is 27.5. The van der Waals surface area contributed by atoms with Crippen LogP contribution in [0.5, 0.6) is 0 Å². The predicted octanol–water partition coefficient (Wildman–Crippen LogP) is 4.97. The van der Waals surface area contributed by atoms with Crippen molar-refractivity contribution in [2.75, 3.05) is 6.61 Å². The molecule has 0 radical (unpaired) electrons. The molecule has 1 fully saturated rings. The fourth-order valence-corrected chi connectivity index (χ4v) is 4.41. The molecule has 34 heavy (non-hydrogen) atoms. The number of alkyl halides is 1. The molecule has 0 spiro atoms. The first-order valence-electron chi connectivity index (χ1n) is 11.6. The van der Waals surface area contributed by atoms with Crippen LogP contribution in [0.3, 0.4) is 0 Å². The maximum atomic E-state index is 15.3. The molecular weight excluding hydrogens is 435 g/mol. The van der Waals surface area contributed by atoms with Gasteiger partial charge in [-0.15, -0.1) is 0 Å². The Kier molecular flexibility index (Phi) is 7.63. The highest BCUT2D eigenvalue weighted by Crippen LogP contribution is 2.32. The van der Waals surface area contributed by atoms with Crippen molar-refractivity contribution in [1.29, 1.82) is 0 Å². The van der Waals surface area contributed by atoms with Gasteiger partial charge in [-0.1, -0.05) is 84.9 Å². The maximum Gasteiger partial charge on any atom is 0.228 e. The van der Waals surface area contributed by atoms with Crippen LogP contribution >= 0.6 is 0 Å². The summed E-state index contributed by atoms with van der Waals surface area (Å²) in [4.78, 5) is 0. The monoisotopic (exact) mass is 464 g/mol. The van der Waals surface area contributed by atoms with Crippen molar-refractivity contribution in [3.05, 3.63) is 107 Å². The third kappa shape index (κ3) is 5.54. The van der Waals surface area contributed by atoms with E-state index in [4.69, 9.17) is 23.7 Å². The SMILES string of the molecule is F[C@H]1O[C@@H]2COCc3ccccc3CO[C@H]([C@H]1OCc1ccccc1)[C@@H]2OCc1ccccc1. The molecule has 6 heteroatoms. The number of hydrogen-bond donors (Lipinski definition) is 0. The predicted molar refractivity (Wildman–Crippen MR) is 124 cm³/mol. The van der Waals surface area contributed by atoms with Crippen molar-refractivity contribution in [3.8, 4) is 0 Å². The van der Waals surface area contributed by atoms with Crippen LogP contribution in [0.15, 0.2) is 84.9 Å². The van der Waals surface area contributed by atoms with Gasteiger partial charge in [0.05, 0.1) is 33.0 Å². The lowest BCUT2D eigenvalue weighted by atomic mass is 9.98. The van der Waals surface area contributed by atoms with E-state index in [2.05, 4.69) is 0 Å². The lowest BCUT2D eigenvalue weighted by Crippen LogP contribution is -2.60. The average molecular weight is 465 g/mol. The Morgan fingerprint density at radius 2 is 1.26 bits per heavy atom. The molecule has 0 aromatic heterocycles. The van der Waals surface area contributed by atoms with E-state index < -0.39 is 30.8 Å². The van der Waals surface area contributed by atoms with Gasteiger partial charge in [0.1, 0.15) is 24.4 Å². The number of fused-ring (bicyclic) bond motifs is 3. The summed E-state index contributed by atoms with van der Waals surface area (Å²) in [6.45, 7) is 1.50. The minimum atomic E-state index is -1.66. The summed E-state index contributed by atoms with van der Waals surface area (Å²) >= 11 is 0. The molecule has 0 aliphatic carbocycles. The minimum Gasteiger partial charge on any atom is -0.374 e. The van der Waals surface area contributed by atoms with Crippen molar-refractivity contribution < 1.29 is 28.1 Å². The van der Waals surface area contributed by atoms with Gasteiger partial charge in [-0.25, -0.2) is 4.39 Å². The molecule has 2 aliphatic heterocycles. The van der Waals surface area contributed by atoms with Crippen LogP contribution in [0, 0.1) is 0 Å². The topological polar surface area (TPSA) is 46.2 Å². The molecule has 0 saturated carbocycles. The number of hydrogen-bond acceptors (Lipinski definition) is 5. The third-order valence-electron chi connectivity index (χ3n) is 6.24. The lowest BCUT2D eigenvalue weighted by molar-refractivity contribution is -0.299. The van der Waals surface area contributed by atoms with Gasteiger partial charge in [0, 0.05) is 0 Å². The molecule has 0 N–H and O–H groups in total. The smallest absolute Gasteiger partial charge is 0.228 e. The summed E-state index contributed by atoms with van der Waals surface area (Å²) in [7, 11) is 0. The molecule has 1 saturated heterocycles. The molecule has 2 aliphatic rings. The van der Waals surface area contributed by atoms with E-state index in [-0.39, 0.29) is 13.2 Å². The lowest BCUT2D eigenvalue weighted by Gasteiger charge is -2.44. The van der Waals surface area contributed by atoms with E-state index >= 15 is 4.39 Å². The Labute approximate surface area is 199 Å². The molecule has 5 rings (SSSR count). The summed E-state index contributed by atoms with van der Waals surface area (Å²) in [5.41, 5.74) is 4.02. The fraction of sp³-hybridized carbons (Fsp3) is 0.357. The van der Waals surface area contributed by atoms with Crippen molar-refractivity contribution in [2.24, 2.45) is 0 Å². The summed E-state index contributed by atoms with van der Waals surface area (Å²) < 4.78 is 45.8. The average Bonchev–Trinajstić information content (AvgIpc) is 2.88. The van der Waals surface area contributed by atoms with Crippen molar-refractivity contribution >= 4 is 0 Å². The fourth-order valence-electron chi connectivity index (χ4n) is 4.41. The first-order chi connectivity index (χ1) is 16.8. The van der Waals surface area contributed by atoms with Gasteiger partial charge in [-0.05, 0) is 22.3 Å². The van der Waals surface area contributed by atoms with Crippen LogP contribution in [0.2, 0.25) is 0 Å². The van der Waals surface area contributed by atoms with Crippen molar-refractivity contribution in [2.45, 2.75) is 57.2 Å². The van der Waals surface area contributed by atoms with Crippen LogP contribution in [-0.2, 0) is 50.1 Å². The Morgan fingerprint density at radius 3 is 1.91 bits per heavy atom. The van der Waals surface area contributed by atoms with Gasteiger partial charge >= 0.3 is 0 Å². The molecular formula is C28H29FO5. The number of rotatable bonds is 6. The molecule has 3 aromatic rings. The van der Waals surface area contributed by atoms with Gasteiger partial charge in [0.2, 0.25) is 6.36 Å². The van der Waals surface area contributed by atoms with Crippen LogP contribution in [0.4, 0.5) is 4.39 Å². The zero-order chi connectivity index (χ0) is 23.2. The second-order valence-corrected chi connectivity index (χ2v) is 8.61. The summed E-state index contributed by atoms with van der Waals surface area (Å²) in [6.07, 6.45) is -4.45. The quantitative estimate of drug-likeness (QED) is 0.516. The number of halogens is 1. The first-order valence-corrected chi connectivity index (χ1v) is 11.6. The number of benzene rings is 3. The summed E-state index contributed by atoms with van der Waals surface area (Å²) in [5, 5.41) is 0.